The summed E-state index contributed by atoms with van der Waals surface area (Å²) in [6.45, 7) is 8.89. The number of nitrogens with zero attached hydrogens (tertiary/aromatic N) is 2. The highest BCUT2D eigenvalue weighted by Crippen LogP contribution is 2.31. The highest BCUT2D eigenvalue weighted by Gasteiger charge is 2.16. The van der Waals surface area contributed by atoms with Gasteiger partial charge in [-0.15, -0.1) is 0 Å². The topological polar surface area (TPSA) is 84.7 Å². The normalized spacial score (nSPS) is 18.8. The van der Waals surface area contributed by atoms with Crippen molar-refractivity contribution >= 4 is 24.2 Å². The van der Waals surface area contributed by atoms with Gasteiger partial charge in [-0.2, -0.15) is 0 Å². The van der Waals surface area contributed by atoms with Crippen molar-refractivity contribution in [2.24, 2.45) is 15.9 Å². The quantitative estimate of drug-likeness (QED) is 0.432. The van der Waals surface area contributed by atoms with Crippen LogP contribution in [0.1, 0.15) is 38.7 Å². The van der Waals surface area contributed by atoms with Gasteiger partial charge in [0.2, 0.25) is 5.88 Å². The van der Waals surface area contributed by atoms with Crippen LogP contribution >= 0.6 is 0 Å². The number of aliphatic hydroxyl groups is 1. The van der Waals surface area contributed by atoms with E-state index in [1.165, 1.54) is 6.21 Å². The molecule has 1 fully saturated rings. The molecule has 0 amide bonds. The summed E-state index contributed by atoms with van der Waals surface area (Å²) >= 11 is 0. The van der Waals surface area contributed by atoms with Gasteiger partial charge in [-0.25, -0.2) is 4.99 Å². The number of para-hydroxylation sites is 1. The zero-order valence-electron chi connectivity index (χ0n) is 20.2. The average molecular weight is 464 g/mol. The number of ether oxygens (including phenoxy) is 3. The third-order valence-electron chi connectivity index (χ3n) is 4.86. The van der Waals surface area contributed by atoms with Crippen LogP contribution in [0.2, 0.25) is 0 Å². The molecule has 0 saturated carbocycles. The zero-order chi connectivity index (χ0) is 24.5. The second kappa shape index (κ2) is 17.0. The maximum Gasteiger partial charge on any atom is 0.208 e. The van der Waals surface area contributed by atoms with E-state index in [0.717, 1.165) is 31.6 Å². The van der Waals surface area contributed by atoms with Gasteiger partial charge in [0, 0.05) is 43.2 Å². The molecule has 0 bridgehead atoms. The molecule has 1 aromatic carbocycles. The van der Waals surface area contributed by atoms with Crippen molar-refractivity contribution in [2.75, 3.05) is 34.1 Å². The smallest absolute Gasteiger partial charge is 0.208 e. The molecule has 0 aromatic heterocycles. The number of hydrogen-bond acceptors (Lipinski definition) is 7. The van der Waals surface area contributed by atoms with Crippen LogP contribution in [0.4, 0.5) is 10.1 Å². The minimum atomic E-state index is -0.796. The van der Waals surface area contributed by atoms with E-state index in [1.54, 1.807) is 32.6 Å². The van der Waals surface area contributed by atoms with Gasteiger partial charge in [0.25, 0.3) is 0 Å². The van der Waals surface area contributed by atoms with Crippen LogP contribution in [0.25, 0.3) is 6.08 Å². The van der Waals surface area contributed by atoms with Crippen LogP contribution in [0.5, 0.6) is 5.75 Å². The summed E-state index contributed by atoms with van der Waals surface area (Å²) in [4.78, 5) is 8.22. The van der Waals surface area contributed by atoms with E-state index in [0.29, 0.717) is 23.7 Å². The fourth-order valence-corrected chi connectivity index (χ4v) is 3.08. The molecule has 8 heteroatoms. The lowest BCUT2D eigenvalue weighted by Gasteiger charge is -2.24. The Labute approximate surface area is 197 Å². The van der Waals surface area contributed by atoms with E-state index < -0.39 is 6.23 Å². The molecule has 2 unspecified atom stereocenters. The molecule has 3 rings (SSSR count). The summed E-state index contributed by atoms with van der Waals surface area (Å²) in [6.07, 6.45) is 8.30. The van der Waals surface area contributed by atoms with Crippen LogP contribution in [0.15, 0.2) is 46.7 Å². The Morgan fingerprint density at radius 1 is 1.30 bits per heavy atom. The van der Waals surface area contributed by atoms with Gasteiger partial charge < -0.3 is 19.3 Å². The lowest BCUT2D eigenvalue weighted by Crippen LogP contribution is -2.42. The van der Waals surface area contributed by atoms with E-state index in [2.05, 4.69) is 21.9 Å². The third kappa shape index (κ3) is 10.3. The van der Waals surface area contributed by atoms with Crippen LogP contribution in [-0.2, 0) is 9.47 Å². The van der Waals surface area contributed by atoms with Crippen molar-refractivity contribution in [2.45, 2.75) is 45.4 Å². The van der Waals surface area contributed by atoms with E-state index in [9.17, 15) is 9.50 Å². The van der Waals surface area contributed by atoms with Gasteiger partial charge in [-0.1, -0.05) is 38.6 Å². The standard InChI is InChI=1S/C16H22N2O3.C7H10FNO.C2H6/c1-3-12-5-4-6-14(20-2)16(12)17-11-15(19)18-13-7-9-21-10-8-13;1-10-7-3-2-6(4-8)5-9-7;1-2/h3-6,11,13,15,18-19H,1,7-10H2,2H3;3,5-6H,2,4H2,1H3;1-2H3. The highest BCUT2D eigenvalue weighted by molar-refractivity contribution is 5.76. The van der Waals surface area contributed by atoms with Gasteiger partial charge in [0.15, 0.2) is 0 Å². The summed E-state index contributed by atoms with van der Waals surface area (Å²) in [5, 5.41) is 13.1. The molecule has 184 valence electrons. The Hall–Kier alpha value is -2.55. The number of hydrogen-bond donors (Lipinski definition) is 2. The van der Waals surface area contributed by atoms with Crippen molar-refractivity contribution in [3.63, 3.8) is 0 Å². The minimum absolute atomic E-state index is 0.0427. The van der Waals surface area contributed by atoms with Gasteiger partial charge in [0.05, 0.1) is 20.9 Å². The van der Waals surface area contributed by atoms with E-state index >= 15 is 0 Å². The Kier molecular flexibility index (Phi) is 14.7. The first-order chi connectivity index (χ1) is 16.1. The van der Waals surface area contributed by atoms with Gasteiger partial charge in [-0.05, 0) is 31.4 Å². The zero-order valence-corrected chi connectivity index (χ0v) is 20.2. The molecule has 0 aliphatic carbocycles. The highest BCUT2D eigenvalue weighted by atomic mass is 19.1. The van der Waals surface area contributed by atoms with Crippen LogP contribution < -0.4 is 10.1 Å². The second-order valence-electron chi connectivity index (χ2n) is 7.05. The third-order valence-corrected chi connectivity index (χ3v) is 4.86. The first-order valence-electron chi connectivity index (χ1n) is 11.3. The summed E-state index contributed by atoms with van der Waals surface area (Å²) in [5.41, 5.74) is 1.53. The predicted molar refractivity (Wildman–Crippen MR) is 133 cm³/mol. The molecule has 2 aliphatic rings. The number of nitrogens with one attached hydrogen (secondary N) is 1. The fourth-order valence-electron chi connectivity index (χ4n) is 3.08. The molecule has 7 nitrogen and oxygen atoms in total. The maximum atomic E-state index is 11.9. The lowest BCUT2D eigenvalue weighted by atomic mass is 10.1. The fraction of sp³-hybridized carbons (Fsp3) is 0.520. The van der Waals surface area contributed by atoms with Crippen molar-refractivity contribution in [1.29, 1.82) is 0 Å². The van der Waals surface area contributed by atoms with Crippen LogP contribution in [0.3, 0.4) is 0 Å². The number of halogens is 1. The Morgan fingerprint density at radius 2 is 2.03 bits per heavy atom. The van der Waals surface area contributed by atoms with Gasteiger partial charge in [-0.3, -0.25) is 14.7 Å². The summed E-state index contributed by atoms with van der Waals surface area (Å²) in [7, 11) is 3.15. The first kappa shape index (κ1) is 28.5. The number of methoxy groups -OCH3 is 2. The summed E-state index contributed by atoms with van der Waals surface area (Å²) in [5.74, 6) is 1.20. The second-order valence-corrected chi connectivity index (χ2v) is 7.05. The van der Waals surface area contributed by atoms with Crippen molar-refractivity contribution in [3.05, 3.63) is 42.3 Å². The molecule has 2 heterocycles. The molecule has 1 aromatic rings. The summed E-state index contributed by atoms with van der Waals surface area (Å²) < 4.78 is 27.4. The molecule has 2 N–H and O–H groups in total. The molecular formula is C25H38FN3O4. The Morgan fingerprint density at radius 3 is 2.58 bits per heavy atom. The molecular weight excluding hydrogens is 425 g/mol. The molecule has 33 heavy (non-hydrogen) atoms. The number of allylic oxidation sites excluding steroid dienone is 1. The number of alkyl halides is 1. The Bertz CT molecular complexity index is 777. The average Bonchev–Trinajstić information content (AvgIpc) is 2.89. The maximum absolute atomic E-state index is 11.9. The van der Waals surface area contributed by atoms with Crippen LogP contribution in [0, 0.1) is 5.92 Å². The van der Waals surface area contributed by atoms with Gasteiger partial charge in [0.1, 0.15) is 17.7 Å². The van der Waals surface area contributed by atoms with Gasteiger partial charge >= 0.3 is 0 Å². The van der Waals surface area contributed by atoms with E-state index in [1.807, 2.05) is 32.0 Å². The largest absolute Gasteiger partial charge is 0.494 e. The van der Waals surface area contributed by atoms with Crippen molar-refractivity contribution < 1.29 is 23.7 Å². The monoisotopic (exact) mass is 463 g/mol. The SMILES string of the molecule is C=Cc1cccc(OC)c1N=CC(O)NC1CCOCC1.CC.COC1=CCC(CF)C=N1. The first-order valence-corrected chi connectivity index (χ1v) is 11.3. The molecule has 0 spiro atoms. The molecule has 2 atom stereocenters. The molecule has 0 radical (unpaired) electrons. The summed E-state index contributed by atoms with van der Waals surface area (Å²) in [6, 6.07) is 5.88. The number of aliphatic hydroxyl groups excluding tert-OH is 1. The Balaban J connectivity index is 0.000000380. The molecule has 1 saturated heterocycles. The predicted octanol–water partition coefficient (Wildman–Crippen LogP) is 4.69. The van der Waals surface area contributed by atoms with E-state index in [-0.39, 0.29) is 18.6 Å². The molecule has 2 aliphatic heterocycles. The van der Waals surface area contributed by atoms with Crippen molar-refractivity contribution in [1.82, 2.24) is 5.32 Å². The number of rotatable bonds is 8. The number of aliphatic imine (C=N–C) groups is 2. The van der Waals surface area contributed by atoms with Crippen molar-refractivity contribution in [3.8, 4) is 5.75 Å². The van der Waals surface area contributed by atoms with E-state index in [4.69, 9.17) is 14.2 Å². The lowest BCUT2D eigenvalue weighted by molar-refractivity contribution is 0.0639. The minimum Gasteiger partial charge on any atom is -0.494 e. The number of benzene rings is 1. The van der Waals surface area contributed by atoms with Crippen LogP contribution in [-0.4, -0.2) is 63.9 Å².